The molecule has 1 aliphatic heterocycles. The summed E-state index contributed by atoms with van der Waals surface area (Å²) in [5, 5.41) is 0. The van der Waals surface area contributed by atoms with Crippen LogP contribution in [-0.4, -0.2) is 40.6 Å². The van der Waals surface area contributed by atoms with Gasteiger partial charge in [0, 0.05) is 5.56 Å². The topological polar surface area (TPSA) is 85.8 Å². The molecular weight excluding hydrogens is 276 g/mol. The van der Waals surface area contributed by atoms with E-state index in [0.717, 1.165) is 4.90 Å². The third-order valence-corrected chi connectivity index (χ3v) is 2.76. The summed E-state index contributed by atoms with van der Waals surface area (Å²) >= 11 is 0. The fraction of sp³-hybridized carbons (Fsp3) is 0.429. The normalized spacial score (nSPS) is 13.9. The van der Waals surface area contributed by atoms with Crippen LogP contribution in [0.15, 0.2) is 12.1 Å². The van der Waals surface area contributed by atoms with Gasteiger partial charge in [0.25, 0.3) is 5.91 Å². The highest BCUT2D eigenvalue weighted by molar-refractivity contribution is 6.05. The van der Waals surface area contributed by atoms with E-state index in [1.807, 2.05) is 0 Å². The van der Waals surface area contributed by atoms with Gasteiger partial charge in [-0.3, -0.25) is 4.79 Å². The molecule has 1 aliphatic rings. The predicted octanol–water partition coefficient (Wildman–Crippen LogP) is 1.76. The molecule has 1 aromatic heterocycles. The Labute approximate surface area is 121 Å². The molecule has 0 aromatic carbocycles. The maximum atomic E-state index is 12.2. The van der Waals surface area contributed by atoms with Gasteiger partial charge in [-0.25, -0.2) is 19.5 Å². The zero-order valence-corrected chi connectivity index (χ0v) is 12.3. The van der Waals surface area contributed by atoms with Crippen LogP contribution in [0.5, 0.6) is 0 Å². The lowest BCUT2D eigenvalue weighted by atomic mass is 10.2. The van der Waals surface area contributed by atoms with E-state index in [1.165, 1.54) is 13.2 Å². The lowest BCUT2D eigenvalue weighted by Crippen LogP contribution is -2.37. The van der Waals surface area contributed by atoms with Crippen LogP contribution in [0, 0.1) is 0 Å². The van der Waals surface area contributed by atoms with Gasteiger partial charge in [-0.1, -0.05) is 6.07 Å². The molecule has 0 aliphatic carbocycles. The predicted molar refractivity (Wildman–Crippen MR) is 71.7 cm³/mol. The van der Waals surface area contributed by atoms with Gasteiger partial charge < -0.3 is 9.47 Å². The maximum absolute atomic E-state index is 12.2. The summed E-state index contributed by atoms with van der Waals surface area (Å²) in [6.45, 7) is 5.22. The van der Waals surface area contributed by atoms with Crippen LogP contribution in [0.2, 0.25) is 0 Å². The van der Waals surface area contributed by atoms with Gasteiger partial charge in [-0.2, -0.15) is 0 Å². The molecule has 0 saturated heterocycles. The van der Waals surface area contributed by atoms with E-state index in [9.17, 15) is 14.4 Å². The monoisotopic (exact) mass is 292 g/mol. The van der Waals surface area contributed by atoms with Crippen molar-refractivity contribution in [3.05, 3.63) is 29.1 Å². The number of carbonyl (C=O) groups is 3. The molecule has 2 rings (SSSR count). The largest absolute Gasteiger partial charge is 0.464 e. The molecule has 0 saturated carbocycles. The number of imide groups is 1. The van der Waals surface area contributed by atoms with Crippen LogP contribution in [-0.2, 0) is 16.0 Å². The molecule has 21 heavy (non-hydrogen) atoms. The van der Waals surface area contributed by atoms with Crippen molar-refractivity contribution in [2.45, 2.75) is 32.9 Å². The van der Waals surface area contributed by atoms with E-state index < -0.39 is 23.6 Å². The Balaban J connectivity index is 2.25. The summed E-state index contributed by atoms with van der Waals surface area (Å²) in [5.74, 6) is -1.22. The van der Waals surface area contributed by atoms with E-state index in [1.54, 1.807) is 26.8 Å². The molecule has 1 aromatic rings. The molecule has 2 amide bonds. The molecule has 0 N–H and O–H groups in total. The second-order valence-electron chi connectivity index (χ2n) is 5.57. The SMILES string of the molecule is COC(=O)c1ccc2c(n1)C(=O)N(C(=O)OC(C)(C)C)C2. The average molecular weight is 292 g/mol. The number of rotatable bonds is 1. The van der Waals surface area contributed by atoms with Crippen molar-refractivity contribution in [1.29, 1.82) is 0 Å². The molecule has 0 unspecified atom stereocenters. The van der Waals surface area contributed by atoms with Crippen molar-refractivity contribution >= 4 is 18.0 Å². The molecule has 7 heteroatoms. The second-order valence-corrected chi connectivity index (χ2v) is 5.57. The van der Waals surface area contributed by atoms with Crippen LogP contribution >= 0.6 is 0 Å². The van der Waals surface area contributed by atoms with Gasteiger partial charge in [0.2, 0.25) is 0 Å². The first-order chi connectivity index (χ1) is 9.73. The summed E-state index contributed by atoms with van der Waals surface area (Å²) in [4.78, 5) is 40.5. The van der Waals surface area contributed by atoms with Gasteiger partial charge >= 0.3 is 12.1 Å². The number of methoxy groups -OCH3 is 1. The van der Waals surface area contributed by atoms with E-state index >= 15 is 0 Å². The third-order valence-electron chi connectivity index (χ3n) is 2.76. The second kappa shape index (κ2) is 5.16. The van der Waals surface area contributed by atoms with Gasteiger partial charge in [-0.05, 0) is 26.8 Å². The van der Waals surface area contributed by atoms with E-state index in [-0.39, 0.29) is 17.9 Å². The number of amides is 2. The van der Waals surface area contributed by atoms with Crippen LogP contribution < -0.4 is 0 Å². The lowest BCUT2D eigenvalue weighted by Gasteiger charge is -2.23. The van der Waals surface area contributed by atoms with Gasteiger partial charge in [0.05, 0.1) is 13.7 Å². The molecular formula is C14H16N2O5. The van der Waals surface area contributed by atoms with E-state index in [0.29, 0.717) is 5.56 Å². The number of aromatic nitrogens is 1. The summed E-state index contributed by atoms with van der Waals surface area (Å²) in [6, 6.07) is 3.04. The Morgan fingerprint density at radius 3 is 2.52 bits per heavy atom. The molecule has 112 valence electrons. The highest BCUT2D eigenvalue weighted by Crippen LogP contribution is 2.23. The number of fused-ring (bicyclic) bond motifs is 1. The molecule has 0 spiro atoms. The number of hydrogen-bond acceptors (Lipinski definition) is 6. The van der Waals surface area contributed by atoms with Crippen molar-refractivity contribution in [2.75, 3.05) is 7.11 Å². The van der Waals surface area contributed by atoms with Crippen LogP contribution in [0.1, 0.15) is 47.3 Å². The Morgan fingerprint density at radius 2 is 1.95 bits per heavy atom. The van der Waals surface area contributed by atoms with E-state index in [2.05, 4.69) is 9.72 Å². The fourth-order valence-electron chi connectivity index (χ4n) is 1.85. The Hall–Kier alpha value is -2.44. The smallest absolute Gasteiger partial charge is 0.417 e. The first kappa shape index (κ1) is 15.0. The first-order valence-electron chi connectivity index (χ1n) is 6.36. The van der Waals surface area contributed by atoms with Crippen LogP contribution in [0.3, 0.4) is 0 Å². The van der Waals surface area contributed by atoms with Crippen molar-refractivity contribution < 1.29 is 23.9 Å². The minimum atomic E-state index is -0.731. The Morgan fingerprint density at radius 1 is 1.29 bits per heavy atom. The first-order valence-corrected chi connectivity index (χ1v) is 6.36. The standard InChI is InChI=1S/C14H16N2O5/c1-14(2,3)21-13(19)16-7-8-5-6-9(12(18)20-4)15-10(8)11(16)17/h5-6H,7H2,1-4H3. The molecule has 0 fully saturated rings. The molecule has 7 nitrogen and oxygen atoms in total. The quantitative estimate of drug-likeness (QED) is 0.733. The third kappa shape index (κ3) is 3.01. The molecule has 0 radical (unpaired) electrons. The number of pyridine rings is 1. The molecule has 0 atom stereocenters. The van der Waals surface area contributed by atoms with Gasteiger partial charge in [0.1, 0.15) is 17.0 Å². The minimum Gasteiger partial charge on any atom is -0.464 e. The number of nitrogens with zero attached hydrogens (tertiary/aromatic N) is 2. The lowest BCUT2D eigenvalue weighted by molar-refractivity contribution is 0.0247. The van der Waals surface area contributed by atoms with Crippen molar-refractivity contribution in [1.82, 2.24) is 9.88 Å². The van der Waals surface area contributed by atoms with Crippen molar-refractivity contribution in [3.8, 4) is 0 Å². The van der Waals surface area contributed by atoms with Crippen LogP contribution in [0.25, 0.3) is 0 Å². The summed E-state index contributed by atoms with van der Waals surface area (Å²) < 4.78 is 9.72. The van der Waals surface area contributed by atoms with E-state index in [4.69, 9.17) is 4.74 Å². The summed E-state index contributed by atoms with van der Waals surface area (Å²) in [6.07, 6.45) is -0.731. The number of hydrogen-bond donors (Lipinski definition) is 0. The highest BCUT2D eigenvalue weighted by atomic mass is 16.6. The zero-order valence-electron chi connectivity index (χ0n) is 12.3. The number of ether oxygens (including phenoxy) is 2. The van der Waals surface area contributed by atoms with Gasteiger partial charge in [-0.15, -0.1) is 0 Å². The number of esters is 1. The Kier molecular flexibility index (Phi) is 3.67. The number of carbonyl (C=O) groups excluding carboxylic acids is 3. The maximum Gasteiger partial charge on any atom is 0.417 e. The Bertz CT molecular complexity index is 618. The molecule has 0 bridgehead atoms. The highest BCUT2D eigenvalue weighted by Gasteiger charge is 2.36. The van der Waals surface area contributed by atoms with Crippen LogP contribution in [0.4, 0.5) is 4.79 Å². The minimum absolute atomic E-state index is 0.0237. The van der Waals surface area contributed by atoms with Gasteiger partial charge in [0.15, 0.2) is 0 Å². The van der Waals surface area contributed by atoms with Crippen molar-refractivity contribution in [2.24, 2.45) is 0 Å². The van der Waals surface area contributed by atoms with Crippen molar-refractivity contribution in [3.63, 3.8) is 0 Å². The average Bonchev–Trinajstić information content (AvgIpc) is 2.73. The zero-order chi connectivity index (χ0) is 15.8. The molecule has 2 heterocycles. The summed E-state index contributed by atoms with van der Waals surface area (Å²) in [5.41, 5.74) is -0.0329. The fourth-order valence-corrected chi connectivity index (χ4v) is 1.85. The summed E-state index contributed by atoms with van der Waals surface area (Å²) in [7, 11) is 1.23.